The molecule has 0 saturated heterocycles. The van der Waals surface area contributed by atoms with Gasteiger partial charge in [0.05, 0.1) is 24.5 Å². The van der Waals surface area contributed by atoms with Crippen LogP contribution < -0.4 is 0 Å². The van der Waals surface area contributed by atoms with Gasteiger partial charge in [0.2, 0.25) is 0 Å². The number of rotatable bonds is 2. The lowest BCUT2D eigenvalue weighted by molar-refractivity contribution is 0.0290. The van der Waals surface area contributed by atoms with Crippen LogP contribution in [0.1, 0.15) is 12.5 Å². The molecule has 0 N–H and O–H groups in total. The maximum absolute atomic E-state index is 6.11. The molecule has 0 aromatic heterocycles. The molecule has 1 aromatic carbocycles. The molecular weight excluding hydrogens is 308 g/mol. The van der Waals surface area contributed by atoms with E-state index < -0.39 is 5.60 Å². The average Bonchev–Trinajstić information content (AvgIpc) is 3.15. The Balaban J connectivity index is 1.68. The van der Waals surface area contributed by atoms with Crippen LogP contribution in [-0.2, 0) is 4.74 Å². The van der Waals surface area contributed by atoms with E-state index in [0.29, 0.717) is 17.8 Å². The molecule has 3 heteroatoms. The predicted molar refractivity (Wildman–Crippen MR) is 102 cm³/mol. The highest BCUT2D eigenvalue weighted by atomic mass is 16.5. The van der Waals surface area contributed by atoms with Crippen molar-refractivity contribution in [1.82, 2.24) is 0 Å². The van der Waals surface area contributed by atoms with E-state index >= 15 is 0 Å². The van der Waals surface area contributed by atoms with Gasteiger partial charge < -0.3 is 4.74 Å². The summed E-state index contributed by atoms with van der Waals surface area (Å²) in [7, 11) is 1.81. The SMILES string of the molecule is CO[C@]12C=C[C@H](C3=NCCN=C31)[C@H]1/C(=C(/C)c3ccccc3)C=C[C@H]12. The number of hydrogen-bond acceptors (Lipinski definition) is 3. The highest BCUT2D eigenvalue weighted by molar-refractivity contribution is 6.48. The van der Waals surface area contributed by atoms with Gasteiger partial charge in [-0.05, 0) is 29.7 Å². The summed E-state index contributed by atoms with van der Waals surface area (Å²) in [6.45, 7) is 3.81. The molecule has 4 aliphatic carbocycles. The monoisotopic (exact) mass is 330 g/mol. The number of hydrogen-bond donors (Lipinski definition) is 0. The second-order valence-electron chi connectivity index (χ2n) is 7.24. The largest absolute Gasteiger partial charge is 0.367 e. The van der Waals surface area contributed by atoms with Crippen molar-refractivity contribution in [2.24, 2.45) is 27.7 Å². The minimum atomic E-state index is -0.451. The van der Waals surface area contributed by atoms with E-state index in [2.05, 4.69) is 61.6 Å². The van der Waals surface area contributed by atoms with Crippen LogP contribution in [-0.4, -0.2) is 37.2 Å². The molecule has 1 aromatic rings. The maximum Gasteiger partial charge on any atom is 0.136 e. The highest BCUT2D eigenvalue weighted by Crippen LogP contribution is 2.54. The number of methoxy groups -OCH3 is 1. The second kappa shape index (κ2) is 5.37. The number of benzene rings is 1. The fourth-order valence-electron chi connectivity index (χ4n) is 5.04. The standard InChI is InChI=1S/C22H22N2O/c1-14(15-6-4-3-5-7-15)16-8-9-18-19(16)17-10-11-22(18,25-2)21-20(17)23-12-13-24-21/h3-11,17-19H,12-13H2,1-2H3/b16-14-/t17-,18+,19+,22-/m0/s1. The molecule has 0 radical (unpaired) electrons. The van der Waals surface area contributed by atoms with Crippen molar-refractivity contribution in [3.8, 4) is 0 Å². The maximum atomic E-state index is 6.11. The van der Waals surface area contributed by atoms with Crippen LogP contribution in [0.5, 0.6) is 0 Å². The Morgan fingerprint density at radius 3 is 2.72 bits per heavy atom. The summed E-state index contributed by atoms with van der Waals surface area (Å²) in [6.07, 6.45) is 9.18. The first kappa shape index (κ1) is 15.0. The van der Waals surface area contributed by atoms with Crippen molar-refractivity contribution in [2.75, 3.05) is 20.2 Å². The van der Waals surface area contributed by atoms with E-state index in [-0.39, 0.29) is 0 Å². The molecule has 2 bridgehead atoms. The Hall–Kier alpha value is -2.26. The van der Waals surface area contributed by atoms with E-state index in [0.717, 1.165) is 24.5 Å². The van der Waals surface area contributed by atoms with Crippen molar-refractivity contribution in [1.29, 1.82) is 0 Å². The third kappa shape index (κ3) is 1.90. The van der Waals surface area contributed by atoms with Crippen LogP contribution in [0, 0.1) is 17.8 Å². The summed E-state index contributed by atoms with van der Waals surface area (Å²) in [5.41, 5.74) is 5.83. The first-order valence-corrected chi connectivity index (χ1v) is 9.05. The van der Waals surface area contributed by atoms with Crippen molar-refractivity contribution in [3.05, 3.63) is 65.8 Å². The summed E-state index contributed by atoms with van der Waals surface area (Å²) >= 11 is 0. The third-order valence-electron chi connectivity index (χ3n) is 6.22. The molecule has 0 unspecified atom stereocenters. The molecule has 1 heterocycles. The van der Waals surface area contributed by atoms with Gasteiger partial charge in [0.25, 0.3) is 0 Å². The number of aliphatic imine (C=N–C) groups is 2. The molecule has 0 amide bonds. The summed E-state index contributed by atoms with van der Waals surface area (Å²) in [4.78, 5) is 9.68. The molecule has 4 atom stereocenters. The van der Waals surface area contributed by atoms with E-state index in [1.165, 1.54) is 16.7 Å². The summed E-state index contributed by atoms with van der Waals surface area (Å²) < 4.78 is 6.11. The molecule has 6 rings (SSSR count). The molecular formula is C22H22N2O. The van der Waals surface area contributed by atoms with Crippen LogP contribution in [0.2, 0.25) is 0 Å². The first-order valence-electron chi connectivity index (χ1n) is 9.05. The molecule has 25 heavy (non-hydrogen) atoms. The number of nitrogens with zero attached hydrogens (tertiary/aromatic N) is 2. The van der Waals surface area contributed by atoms with Gasteiger partial charge in [-0.25, -0.2) is 0 Å². The summed E-state index contributed by atoms with van der Waals surface area (Å²) in [6, 6.07) is 10.7. The van der Waals surface area contributed by atoms with Gasteiger partial charge in [0, 0.05) is 24.9 Å². The lowest BCUT2D eigenvalue weighted by Crippen LogP contribution is -2.62. The summed E-state index contributed by atoms with van der Waals surface area (Å²) in [5.74, 6) is 1.00. The molecule has 1 saturated carbocycles. The zero-order chi connectivity index (χ0) is 17.0. The van der Waals surface area contributed by atoms with Gasteiger partial charge in [-0.2, -0.15) is 0 Å². The van der Waals surface area contributed by atoms with Crippen molar-refractivity contribution in [3.63, 3.8) is 0 Å². The Bertz CT molecular complexity index is 875. The normalized spacial score (nSPS) is 36.6. The zero-order valence-electron chi connectivity index (χ0n) is 14.6. The number of allylic oxidation sites excluding steroid dienone is 4. The molecule has 1 fully saturated rings. The molecule has 0 spiro atoms. The lowest BCUT2D eigenvalue weighted by atomic mass is 9.57. The van der Waals surface area contributed by atoms with Crippen LogP contribution in [0.3, 0.4) is 0 Å². The quantitative estimate of drug-likeness (QED) is 0.761. The van der Waals surface area contributed by atoms with Crippen molar-refractivity contribution >= 4 is 17.0 Å². The minimum absolute atomic E-state index is 0.303. The van der Waals surface area contributed by atoms with E-state index in [4.69, 9.17) is 14.7 Å². The lowest BCUT2D eigenvalue weighted by Gasteiger charge is -2.51. The topological polar surface area (TPSA) is 34.0 Å². The molecule has 126 valence electrons. The van der Waals surface area contributed by atoms with Gasteiger partial charge in [0.1, 0.15) is 5.60 Å². The first-order chi connectivity index (χ1) is 12.3. The van der Waals surface area contributed by atoms with Crippen molar-refractivity contribution < 1.29 is 4.74 Å². The molecule has 3 nitrogen and oxygen atoms in total. The predicted octanol–water partition coefficient (Wildman–Crippen LogP) is 3.74. The summed E-state index contributed by atoms with van der Waals surface area (Å²) in [5, 5.41) is 0. The third-order valence-corrected chi connectivity index (χ3v) is 6.22. The average molecular weight is 330 g/mol. The van der Waals surface area contributed by atoms with Gasteiger partial charge in [-0.15, -0.1) is 0 Å². The van der Waals surface area contributed by atoms with Gasteiger partial charge in [0.15, 0.2) is 0 Å². The minimum Gasteiger partial charge on any atom is -0.367 e. The fourth-order valence-corrected chi connectivity index (χ4v) is 5.04. The number of ether oxygens (including phenoxy) is 1. The van der Waals surface area contributed by atoms with Crippen molar-refractivity contribution in [2.45, 2.75) is 12.5 Å². The van der Waals surface area contributed by atoms with Gasteiger partial charge in [-0.3, -0.25) is 9.98 Å². The second-order valence-corrected chi connectivity index (χ2v) is 7.24. The van der Waals surface area contributed by atoms with Crippen LogP contribution >= 0.6 is 0 Å². The van der Waals surface area contributed by atoms with Crippen LogP contribution in [0.25, 0.3) is 5.57 Å². The zero-order valence-corrected chi connectivity index (χ0v) is 14.6. The Kier molecular flexibility index (Phi) is 3.23. The van der Waals surface area contributed by atoms with Gasteiger partial charge in [-0.1, -0.05) is 48.6 Å². The Morgan fingerprint density at radius 1 is 1.12 bits per heavy atom. The van der Waals surface area contributed by atoms with Gasteiger partial charge >= 0.3 is 0 Å². The van der Waals surface area contributed by atoms with E-state index in [9.17, 15) is 0 Å². The Morgan fingerprint density at radius 2 is 1.92 bits per heavy atom. The van der Waals surface area contributed by atoms with Crippen LogP contribution in [0.15, 0.2) is 70.2 Å². The van der Waals surface area contributed by atoms with E-state index in [1.807, 2.05) is 0 Å². The smallest absolute Gasteiger partial charge is 0.136 e. The molecule has 1 aliphatic heterocycles. The van der Waals surface area contributed by atoms with Crippen LogP contribution in [0.4, 0.5) is 0 Å². The molecule has 5 aliphatic rings. The Labute approximate surface area is 148 Å². The highest BCUT2D eigenvalue weighted by Gasteiger charge is 2.59. The fraction of sp³-hybridized carbons (Fsp3) is 0.364. The van der Waals surface area contributed by atoms with E-state index in [1.54, 1.807) is 7.11 Å².